The van der Waals surface area contributed by atoms with E-state index in [0.29, 0.717) is 5.56 Å². The summed E-state index contributed by atoms with van der Waals surface area (Å²) in [7, 11) is 0. The Morgan fingerprint density at radius 1 is 0.967 bits per heavy atom. The number of aromatic hydroxyl groups is 3. The first-order valence-electron chi connectivity index (χ1n) is 8.91. The normalized spacial score (nSPS) is 24.1. The molecule has 1 fully saturated rings. The number of fused-ring (bicyclic) bond motifs is 1. The predicted molar refractivity (Wildman–Crippen MR) is 101 cm³/mol. The summed E-state index contributed by atoms with van der Waals surface area (Å²) < 4.78 is 16.1. The standard InChI is InChI=1S/C20H18O10/c21-9-3-1-8(2-4-9)13-5-10(22)15-11(23)6-14(17(26)19(15)29-13)30-20-18(27)16(25)12(24)7-28-20/h1-6,12,16,18,20-21,23-27H,7H2/t12-,16+,18?,20+/m1/s1. The zero-order valence-corrected chi connectivity index (χ0v) is 15.3. The molecule has 1 aliphatic rings. The van der Waals surface area contributed by atoms with Crippen molar-refractivity contribution in [2.75, 3.05) is 6.61 Å². The summed E-state index contributed by atoms with van der Waals surface area (Å²) in [6.07, 6.45) is -5.96. The lowest BCUT2D eigenvalue weighted by molar-refractivity contribution is -0.242. The van der Waals surface area contributed by atoms with Crippen LogP contribution in [-0.4, -0.2) is 61.8 Å². The quantitative estimate of drug-likeness (QED) is 0.327. The third-order valence-electron chi connectivity index (χ3n) is 4.77. The van der Waals surface area contributed by atoms with Gasteiger partial charge in [-0.1, -0.05) is 0 Å². The van der Waals surface area contributed by atoms with Gasteiger partial charge >= 0.3 is 0 Å². The highest BCUT2D eigenvalue weighted by molar-refractivity contribution is 5.91. The lowest BCUT2D eigenvalue weighted by atomic mass is 10.1. The SMILES string of the molecule is O=c1cc(-c2ccc(O)cc2)oc2c(O)c(O[C@@H]3OC[C@@H](O)[C@H](O)C3O)cc(O)c12. The van der Waals surface area contributed by atoms with Crippen LogP contribution in [0.1, 0.15) is 0 Å². The van der Waals surface area contributed by atoms with Gasteiger partial charge in [0, 0.05) is 17.7 Å². The second-order valence-corrected chi connectivity index (χ2v) is 6.84. The molecule has 4 rings (SSSR count). The second-order valence-electron chi connectivity index (χ2n) is 6.84. The van der Waals surface area contributed by atoms with Gasteiger partial charge in [-0.2, -0.15) is 0 Å². The van der Waals surface area contributed by atoms with E-state index in [1.54, 1.807) is 0 Å². The van der Waals surface area contributed by atoms with Crippen LogP contribution < -0.4 is 10.2 Å². The number of ether oxygens (including phenoxy) is 2. The number of phenols is 3. The number of phenolic OH excluding ortho intramolecular Hbond substituents is 3. The van der Waals surface area contributed by atoms with Gasteiger partial charge in [0.05, 0.1) is 6.61 Å². The summed E-state index contributed by atoms with van der Waals surface area (Å²) in [6, 6.07) is 7.84. The molecular weight excluding hydrogens is 400 g/mol. The molecule has 0 spiro atoms. The predicted octanol–water partition coefficient (Wildman–Crippen LogP) is 0.395. The van der Waals surface area contributed by atoms with E-state index < -0.39 is 41.5 Å². The van der Waals surface area contributed by atoms with E-state index in [2.05, 4.69) is 0 Å². The highest BCUT2D eigenvalue weighted by Gasteiger charge is 2.39. The molecule has 1 unspecified atom stereocenters. The zero-order chi connectivity index (χ0) is 21.6. The van der Waals surface area contributed by atoms with Crippen molar-refractivity contribution >= 4 is 11.0 Å². The topological polar surface area (TPSA) is 170 Å². The molecule has 3 aromatic rings. The first-order valence-corrected chi connectivity index (χ1v) is 8.91. The maximum atomic E-state index is 12.5. The molecular formula is C20H18O10. The average Bonchev–Trinajstić information content (AvgIpc) is 2.72. The Hall–Kier alpha value is -3.31. The molecule has 0 radical (unpaired) electrons. The molecule has 2 aromatic carbocycles. The van der Waals surface area contributed by atoms with E-state index in [1.807, 2.05) is 0 Å². The van der Waals surface area contributed by atoms with Crippen molar-refractivity contribution in [2.24, 2.45) is 0 Å². The maximum absolute atomic E-state index is 12.5. The van der Waals surface area contributed by atoms with Crippen LogP contribution in [-0.2, 0) is 4.74 Å². The van der Waals surface area contributed by atoms with Gasteiger partial charge < -0.3 is 44.5 Å². The van der Waals surface area contributed by atoms with E-state index in [9.17, 15) is 35.4 Å². The molecule has 0 saturated carbocycles. The van der Waals surface area contributed by atoms with Crippen LogP contribution in [0.15, 0.2) is 45.6 Å². The Balaban J connectivity index is 1.78. The third-order valence-corrected chi connectivity index (χ3v) is 4.77. The van der Waals surface area contributed by atoms with Crippen LogP contribution in [0.25, 0.3) is 22.3 Å². The van der Waals surface area contributed by atoms with Crippen LogP contribution in [0, 0.1) is 0 Å². The summed E-state index contributed by atoms with van der Waals surface area (Å²) in [5, 5.41) is 59.3. The molecule has 0 bridgehead atoms. The number of aliphatic hydroxyl groups is 3. The molecule has 4 atom stereocenters. The lowest BCUT2D eigenvalue weighted by Gasteiger charge is -2.35. The van der Waals surface area contributed by atoms with Crippen LogP contribution in [0.5, 0.6) is 23.0 Å². The van der Waals surface area contributed by atoms with Crippen LogP contribution in [0.2, 0.25) is 0 Å². The first-order chi connectivity index (χ1) is 14.3. The third kappa shape index (κ3) is 3.42. The molecule has 1 saturated heterocycles. The Morgan fingerprint density at radius 2 is 1.67 bits per heavy atom. The zero-order valence-electron chi connectivity index (χ0n) is 15.3. The molecule has 0 aliphatic carbocycles. The van der Waals surface area contributed by atoms with Gasteiger partial charge in [0.2, 0.25) is 12.0 Å². The summed E-state index contributed by atoms with van der Waals surface area (Å²) in [5.74, 6) is -1.49. The number of benzene rings is 2. The van der Waals surface area contributed by atoms with E-state index >= 15 is 0 Å². The van der Waals surface area contributed by atoms with Gasteiger partial charge in [0.25, 0.3) is 0 Å². The van der Waals surface area contributed by atoms with Crippen LogP contribution in [0.3, 0.4) is 0 Å². The smallest absolute Gasteiger partial charge is 0.229 e. The first kappa shape index (κ1) is 20.0. The van der Waals surface area contributed by atoms with Crippen molar-refractivity contribution < 1.29 is 44.5 Å². The van der Waals surface area contributed by atoms with Crippen LogP contribution >= 0.6 is 0 Å². The van der Waals surface area contributed by atoms with Gasteiger partial charge in [-0.3, -0.25) is 4.79 Å². The number of aliphatic hydroxyl groups excluding tert-OH is 3. The van der Waals surface area contributed by atoms with Crippen molar-refractivity contribution in [3.63, 3.8) is 0 Å². The molecule has 0 amide bonds. The fraction of sp³-hybridized carbons (Fsp3) is 0.250. The summed E-state index contributed by atoms with van der Waals surface area (Å²) in [5.41, 5.74) is -0.571. The van der Waals surface area contributed by atoms with Crippen molar-refractivity contribution in [1.82, 2.24) is 0 Å². The van der Waals surface area contributed by atoms with Gasteiger partial charge in [-0.25, -0.2) is 0 Å². The molecule has 2 heterocycles. The number of rotatable bonds is 3. The highest BCUT2D eigenvalue weighted by Crippen LogP contribution is 2.41. The van der Waals surface area contributed by atoms with Crippen molar-refractivity contribution in [2.45, 2.75) is 24.6 Å². The molecule has 10 heteroatoms. The van der Waals surface area contributed by atoms with Gasteiger partial charge in [0.1, 0.15) is 41.0 Å². The Bertz CT molecular complexity index is 1140. The molecule has 158 valence electrons. The van der Waals surface area contributed by atoms with E-state index in [1.165, 1.54) is 24.3 Å². The van der Waals surface area contributed by atoms with Crippen LogP contribution in [0.4, 0.5) is 0 Å². The minimum absolute atomic E-state index is 0.0106. The Morgan fingerprint density at radius 3 is 2.37 bits per heavy atom. The van der Waals surface area contributed by atoms with Crippen molar-refractivity contribution in [3.05, 3.63) is 46.6 Å². The molecule has 1 aromatic heterocycles. The maximum Gasteiger partial charge on any atom is 0.229 e. The minimum atomic E-state index is -1.64. The van der Waals surface area contributed by atoms with Gasteiger partial charge in [-0.15, -0.1) is 0 Å². The fourth-order valence-electron chi connectivity index (χ4n) is 3.15. The summed E-state index contributed by atoms with van der Waals surface area (Å²) in [4.78, 5) is 12.5. The largest absolute Gasteiger partial charge is 0.508 e. The Labute approximate surface area is 168 Å². The molecule has 30 heavy (non-hydrogen) atoms. The molecule has 1 aliphatic heterocycles. The second kappa shape index (κ2) is 7.50. The minimum Gasteiger partial charge on any atom is -0.508 e. The fourth-order valence-corrected chi connectivity index (χ4v) is 3.15. The summed E-state index contributed by atoms with van der Waals surface area (Å²) in [6.45, 7) is -0.330. The number of hydrogen-bond acceptors (Lipinski definition) is 10. The van der Waals surface area contributed by atoms with E-state index in [4.69, 9.17) is 13.9 Å². The van der Waals surface area contributed by atoms with Gasteiger partial charge in [-0.05, 0) is 24.3 Å². The number of hydrogen-bond donors (Lipinski definition) is 6. The van der Waals surface area contributed by atoms with Gasteiger partial charge in [0.15, 0.2) is 16.8 Å². The highest BCUT2D eigenvalue weighted by atomic mass is 16.7. The Kier molecular flexibility index (Phi) is 5.00. The average molecular weight is 418 g/mol. The van der Waals surface area contributed by atoms with Crippen molar-refractivity contribution in [1.29, 1.82) is 0 Å². The van der Waals surface area contributed by atoms with E-state index in [-0.39, 0.29) is 34.8 Å². The summed E-state index contributed by atoms with van der Waals surface area (Å²) >= 11 is 0. The molecule has 6 N–H and O–H groups in total. The van der Waals surface area contributed by atoms with E-state index in [0.717, 1.165) is 12.1 Å². The van der Waals surface area contributed by atoms with Crippen molar-refractivity contribution in [3.8, 4) is 34.3 Å². The lowest BCUT2D eigenvalue weighted by Crippen LogP contribution is -2.54. The monoisotopic (exact) mass is 418 g/mol. The molecule has 10 nitrogen and oxygen atoms in total.